The van der Waals surface area contributed by atoms with E-state index in [-0.39, 0.29) is 5.91 Å². The molecule has 0 spiro atoms. The van der Waals surface area contributed by atoms with E-state index in [4.69, 9.17) is 9.47 Å². The molecule has 2 aliphatic rings. The summed E-state index contributed by atoms with van der Waals surface area (Å²) >= 11 is 0. The summed E-state index contributed by atoms with van der Waals surface area (Å²) < 4.78 is 11.2. The zero-order valence-electron chi connectivity index (χ0n) is 12.8. The molecular weight excluding hydrogens is 294 g/mol. The van der Waals surface area contributed by atoms with Gasteiger partial charge in [-0.2, -0.15) is 5.10 Å². The number of piperidine rings is 1. The van der Waals surface area contributed by atoms with E-state index in [1.165, 1.54) is 0 Å². The van der Waals surface area contributed by atoms with Crippen LogP contribution in [0, 0.1) is 0 Å². The Hall–Kier alpha value is -2.50. The van der Waals surface area contributed by atoms with Crippen LogP contribution in [0.15, 0.2) is 30.5 Å². The van der Waals surface area contributed by atoms with Crippen LogP contribution in [0.3, 0.4) is 0 Å². The molecular formula is C17H19N3O3. The number of aromatic amines is 1. The number of fused-ring (bicyclic) bond motifs is 1. The van der Waals surface area contributed by atoms with Crippen molar-refractivity contribution in [2.75, 3.05) is 26.3 Å². The van der Waals surface area contributed by atoms with Crippen molar-refractivity contribution in [3.8, 4) is 11.5 Å². The highest BCUT2D eigenvalue weighted by atomic mass is 16.6. The van der Waals surface area contributed by atoms with Crippen molar-refractivity contribution in [2.45, 2.75) is 18.8 Å². The fraction of sp³-hybridized carbons (Fsp3) is 0.412. The Bertz CT molecular complexity index is 699. The van der Waals surface area contributed by atoms with Gasteiger partial charge in [0.25, 0.3) is 5.91 Å². The number of amides is 1. The Morgan fingerprint density at radius 2 is 2.17 bits per heavy atom. The fourth-order valence-electron chi connectivity index (χ4n) is 3.32. The number of para-hydroxylation sites is 1. The molecule has 1 fully saturated rings. The molecule has 0 saturated carbocycles. The van der Waals surface area contributed by atoms with Crippen molar-refractivity contribution in [3.63, 3.8) is 0 Å². The number of carbonyl (C=O) groups is 1. The van der Waals surface area contributed by atoms with E-state index >= 15 is 0 Å². The first-order valence-corrected chi connectivity index (χ1v) is 8.00. The molecule has 0 bridgehead atoms. The van der Waals surface area contributed by atoms with Gasteiger partial charge in [0.05, 0.1) is 5.56 Å². The van der Waals surface area contributed by atoms with Crippen LogP contribution in [0.2, 0.25) is 0 Å². The number of H-pyrrole nitrogens is 1. The molecule has 0 unspecified atom stereocenters. The third-order valence-corrected chi connectivity index (χ3v) is 4.47. The highest BCUT2D eigenvalue weighted by Gasteiger charge is 2.29. The van der Waals surface area contributed by atoms with Gasteiger partial charge in [-0.3, -0.25) is 9.89 Å². The second kappa shape index (κ2) is 5.95. The van der Waals surface area contributed by atoms with E-state index < -0.39 is 0 Å². The first kappa shape index (κ1) is 14.1. The maximum atomic E-state index is 13.0. The molecule has 1 amide bonds. The second-order valence-electron chi connectivity index (χ2n) is 5.93. The summed E-state index contributed by atoms with van der Waals surface area (Å²) in [7, 11) is 0. The van der Waals surface area contributed by atoms with E-state index in [1.54, 1.807) is 6.20 Å². The normalized spacial score (nSPS) is 20.3. The Labute approximate surface area is 134 Å². The predicted octanol–water partition coefficient (Wildman–Crippen LogP) is 2.20. The predicted molar refractivity (Wildman–Crippen MR) is 83.9 cm³/mol. The smallest absolute Gasteiger partial charge is 0.257 e. The number of hydrogen-bond donors (Lipinski definition) is 1. The largest absolute Gasteiger partial charge is 0.486 e. The molecule has 1 N–H and O–H groups in total. The quantitative estimate of drug-likeness (QED) is 0.923. The topological polar surface area (TPSA) is 67.5 Å². The summed E-state index contributed by atoms with van der Waals surface area (Å²) in [5.41, 5.74) is 1.68. The third-order valence-electron chi connectivity index (χ3n) is 4.47. The van der Waals surface area contributed by atoms with Gasteiger partial charge in [-0.05, 0) is 31.0 Å². The van der Waals surface area contributed by atoms with Gasteiger partial charge in [-0.1, -0.05) is 6.07 Å². The number of hydrogen-bond acceptors (Lipinski definition) is 4. The molecule has 1 saturated heterocycles. The first-order valence-electron chi connectivity index (χ1n) is 8.00. The molecule has 1 atom stereocenters. The zero-order chi connectivity index (χ0) is 15.6. The average Bonchev–Trinajstić information content (AvgIpc) is 3.15. The van der Waals surface area contributed by atoms with E-state index in [2.05, 4.69) is 10.2 Å². The number of ether oxygens (including phenoxy) is 2. The molecule has 120 valence electrons. The maximum Gasteiger partial charge on any atom is 0.257 e. The number of rotatable bonds is 2. The number of benzene rings is 1. The van der Waals surface area contributed by atoms with Crippen molar-refractivity contribution in [1.29, 1.82) is 0 Å². The summed E-state index contributed by atoms with van der Waals surface area (Å²) in [4.78, 5) is 14.9. The van der Waals surface area contributed by atoms with Crippen LogP contribution in [-0.2, 0) is 0 Å². The summed E-state index contributed by atoms with van der Waals surface area (Å²) in [5, 5.41) is 7.04. The van der Waals surface area contributed by atoms with Crippen LogP contribution in [-0.4, -0.2) is 47.3 Å². The van der Waals surface area contributed by atoms with Crippen LogP contribution in [0.25, 0.3) is 0 Å². The van der Waals surface area contributed by atoms with E-state index in [9.17, 15) is 4.79 Å². The van der Waals surface area contributed by atoms with Gasteiger partial charge in [0.15, 0.2) is 11.5 Å². The van der Waals surface area contributed by atoms with Gasteiger partial charge < -0.3 is 14.4 Å². The third kappa shape index (κ3) is 2.65. The van der Waals surface area contributed by atoms with Gasteiger partial charge in [-0.25, -0.2) is 0 Å². The summed E-state index contributed by atoms with van der Waals surface area (Å²) in [6.07, 6.45) is 3.81. The minimum Gasteiger partial charge on any atom is -0.486 e. The van der Waals surface area contributed by atoms with Gasteiger partial charge in [0, 0.05) is 30.9 Å². The Morgan fingerprint density at radius 1 is 1.26 bits per heavy atom. The van der Waals surface area contributed by atoms with Crippen LogP contribution < -0.4 is 9.47 Å². The standard InChI is InChI=1S/C17H19N3O3/c21-17(13-4-1-5-15-16(13)23-10-9-22-15)20-8-2-3-12(11-20)14-6-7-18-19-14/h1,4-7,12H,2-3,8-11H2,(H,18,19)/t12-/m1/s1. The Morgan fingerprint density at radius 3 is 3.04 bits per heavy atom. The number of aromatic nitrogens is 2. The van der Waals surface area contributed by atoms with Crippen LogP contribution in [0.4, 0.5) is 0 Å². The SMILES string of the molecule is O=C(c1cccc2c1OCCO2)N1CCC[C@@H](c2ccn[nH]2)C1. The molecule has 6 nitrogen and oxygen atoms in total. The van der Waals surface area contributed by atoms with Crippen molar-refractivity contribution < 1.29 is 14.3 Å². The fourth-order valence-corrected chi connectivity index (χ4v) is 3.32. The van der Waals surface area contributed by atoms with E-state index in [1.807, 2.05) is 29.2 Å². The highest BCUT2D eigenvalue weighted by molar-refractivity contribution is 5.98. The summed E-state index contributed by atoms with van der Waals surface area (Å²) in [6, 6.07) is 7.49. The number of nitrogens with zero attached hydrogens (tertiary/aromatic N) is 2. The van der Waals surface area contributed by atoms with Gasteiger partial charge in [-0.15, -0.1) is 0 Å². The van der Waals surface area contributed by atoms with E-state index in [0.717, 1.165) is 25.1 Å². The summed E-state index contributed by atoms with van der Waals surface area (Å²) in [6.45, 7) is 2.48. The van der Waals surface area contributed by atoms with Crippen LogP contribution in [0.1, 0.15) is 34.8 Å². The molecule has 1 aromatic carbocycles. The van der Waals surface area contributed by atoms with Crippen molar-refractivity contribution >= 4 is 5.91 Å². The Kier molecular flexibility index (Phi) is 3.65. The lowest BCUT2D eigenvalue weighted by Crippen LogP contribution is -2.39. The first-order chi connectivity index (χ1) is 11.3. The lowest BCUT2D eigenvalue weighted by atomic mass is 9.94. The second-order valence-corrected chi connectivity index (χ2v) is 5.93. The molecule has 2 aliphatic heterocycles. The monoisotopic (exact) mass is 313 g/mol. The van der Waals surface area contributed by atoms with Crippen molar-refractivity contribution in [1.82, 2.24) is 15.1 Å². The maximum absolute atomic E-state index is 13.0. The average molecular weight is 313 g/mol. The van der Waals surface area contributed by atoms with Crippen LogP contribution >= 0.6 is 0 Å². The van der Waals surface area contributed by atoms with Gasteiger partial charge in [0.2, 0.25) is 0 Å². The minimum absolute atomic E-state index is 0.0107. The highest BCUT2D eigenvalue weighted by Crippen LogP contribution is 2.35. The number of carbonyl (C=O) groups excluding carboxylic acids is 1. The summed E-state index contributed by atoms with van der Waals surface area (Å²) in [5.74, 6) is 1.56. The van der Waals surface area contributed by atoms with E-state index in [0.29, 0.717) is 42.7 Å². The van der Waals surface area contributed by atoms with Crippen LogP contribution in [0.5, 0.6) is 11.5 Å². The zero-order valence-corrected chi connectivity index (χ0v) is 12.8. The molecule has 0 aliphatic carbocycles. The van der Waals surface area contributed by atoms with Gasteiger partial charge in [0.1, 0.15) is 13.2 Å². The molecule has 6 heteroatoms. The molecule has 1 aromatic heterocycles. The molecule has 23 heavy (non-hydrogen) atoms. The number of likely N-dealkylation sites (tertiary alicyclic amines) is 1. The van der Waals surface area contributed by atoms with Crippen molar-refractivity contribution in [2.24, 2.45) is 0 Å². The molecule has 0 radical (unpaired) electrons. The minimum atomic E-state index is 0.0107. The lowest BCUT2D eigenvalue weighted by Gasteiger charge is -2.33. The van der Waals surface area contributed by atoms with Gasteiger partial charge >= 0.3 is 0 Å². The van der Waals surface area contributed by atoms with Crippen molar-refractivity contribution in [3.05, 3.63) is 41.7 Å². The lowest BCUT2D eigenvalue weighted by molar-refractivity contribution is 0.0695. The molecule has 4 rings (SSSR count). The number of nitrogens with one attached hydrogen (secondary N) is 1. The molecule has 3 heterocycles. The molecule has 2 aromatic rings. The Balaban J connectivity index is 1.57.